The van der Waals surface area contributed by atoms with Gasteiger partial charge in [-0.3, -0.25) is 4.70 Å². The van der Waals surface area contributed by atoms with Crippen LogP contribution in [-0.2, 0) is 0 Å². The summed E-state index contributed by atoms with van der Waals surface area (Å²) in [6, 6.07) is 0. The first-order valence-electron chi connectivity index (χ1n) is 20.0. The maximum atomic E-state index is 2.00. The Balaban J connectivity index is -0.0000000900. The smallest absolute Gasteiger partial charge is 0 e. The van der Waals surface area contributed by atoms with Gasteiger partial charge in [-0.25, -0.2) is 0 Å². The van der Waals surface area contributed by atoms with Gasteiger partial charge in [0.25, 0.3) is 0 Å². The molecule has 0 N–H and O–H groups in total. The fourth-order valence-electron chi connectivity index (χ4n) is 2.25. The summed E-state index contributed by atoms with van der Waals surface area (Å²) in [7, 11) is 0. The zero-order chi connectivity index (χ0) is 29.5. The van der Waals surface area contributed by atoms with Crippen molar-refractivity contribution in [3.63, 3.8) is 0 Å². The zero-order valence-electron chi connectivity index (χ0n) is 30.4. The fourth-order valence-corrected chi connectivity index (χ4v) is 2.25. The molecule has 0 aliphatic heterocycles. The second-order valence-corrected chi connectivity index (χ2v) is 12.7. The minimum atomic E-state index is 0. The van der Waals surface area contributed by atoms with Gasteiger partial charge in [-0.05, 0) is 0 Å². The van der Waals surface area contributed by atoms with Crippen LogP contribution in [-0.4, -0.2) is 8.41 Å². The van der Waals surface area contributed by atoms with Crippen LogP contribution in [0.4, 0.5) is 4.70 Å². The molecule has 0 amide bonds. The Morgan fingerprint density at radius 1 is 0.186 bits per heavy atom. The Morgan fingerprint density at radius 2 is 0.209 bits per heavy atom. The van der Waals surface area contributed by atoms with Gasteiger partial charge in [0.15, 0.2) is 0 Å². The number of hydrogen-bond acceptors (Lipinski definition) is 0. The predicted octanol–water partition coefficient (Wildman–Crippen LogP) is 16.7. The third-order valence-electron chi connectivity index (χ3n) is 9.00. The summed E-state index contributed by atoms with van der Waals surface area (Å²) in [5.74, 6) is 0. The Morgan fingerprint density at radius 3 is 0.209 bits per heavy atom. The molecule has 0 aromatic heterocycles. The molecule has 9 rings (SSSR count). The van der Waals surface area contributed by atoms with Gasteiger partial charge in [0.1, 0.15) is 0 Å². The molecule has 0 saturated heterocycles. The highest BCUT2D eigenvalue weighted by molar-refractivity contribution is 5.75. The normalized spacial score (nSPS) is 20.4. The molecular weight excluding hydrogens is 522 g/mol. The van der Waals surface area contributed by atoms with E-state index in [1.165, 1.54) is 231 Å². The van der Waals surface area contributed by atoms with E-state index in [0.29, 0.717) is 0 Å². The molecule has 43 heavy (non-hydrogen) atoms. The third kappa shape index (κ3) is 51.8. The molecule has 0 nitrogen and oxygen atoms in total. The van der Waals surface area contributed by atoms with E-state index in [9.17, 15) is 0 Å². The first-order chi connectivity index (χ1) is 20.0. The monoisotopic (exact) mass is 615 g/mol. The van der Waals surface area contributed by atoms with Crippen molar-refractivity contribution in [2.75, 3.05) is 0 Å². The molecule has 0 aromatic carbocycles. The van der Waals surface area contributed by atoms with Crippen LogP contribution < -0.4 is 0 Å². The van der Waals surface area contributed by atoms with Crippen molar-refractivity contribution in [1.82, 2.24) is 0 Å². The average molecular weight is 615 g/mol. The molecule has 0 aromatic rings. The Kier molecular flexibility index (Phi) is 66.5. The quantitative estimate of drug-likeness (QED) is 0.238. The summed E-state index contributed by atoms with van der Waals surface area (Å²) in [5.41, 5.74) is 0. The van der Waals surface area contributed by atoms with Crippen LogP contribution in [0.25, 0.3) is 0 Å². The minimum Gasteiger partial charge on any atom is -0.269 e. The number of halogens is 1. The molecular formula is C41H91BF. The zero-order valence-corrected chi connectivity index (χ0v) is 30.4. The van der Waals surface area contributed by atoms with Crippen LogP contribution in [0, 0.1) is 0 Å². The summed E-state index contributed by atoms with van der Waals surface area (Å²) in [6.45, 7) is 8.00. The lowest BCUT2D eigenvalue weighted by Gasteiger charge is -2.05. The third-order valence-corrected chi connectivity index (χ3v) is 9.00. The summed E-state index contributed by atoms with van der Waals surface area (Å²) >= 11 is 0. The van der Waals surface area contributed by atoms with E-state index in [0.717, 1.165) is 0 Å². The van der Waals surface area contributed by atoms with Gasteiger partial charge >= 0.3 is 0 Å². The standard InChI is InChI=1S/9C4H8.2C2H6.CH4.B.FH.H2/c9*1-2-4-3-1;2*1-2;;;;/h9*1-4H2;2*1-2H3;1H4;;2*1H/i;;;;;;;;;;;;;;1+1. The van der Waals surface area contributed by atoms with Crippen LogP contribution in [0.2, 0.25) is 0 Å². The average Bonchev–Trinajstić information content (AvgIpc) is 2.51. The van der Waals surface area contributed by atoms with Gasteiger partial charge < -0.3 is 0 Å². The van der Waals surface area contributed by atoms with Crippen LogP contribution in [0.1, 0.15) is 268 Å². The van der Waals surface area contributed by atoms with E-state index in [2.05, 4.69) is 0 Å². The van der Waals surface area contributed by atoms with Crippen LogP contribution in [0.3, 0.4) is 0 Å². The number of rotatable bonds is 0. The minimum absolute atomic E-state index is 0. The molecule has 0 bridgehead atoms. The molecule has 9 aliphatic carbocycles. The van der Waals surface area contributed by atoms with E-state index < -0.39 is 0 Å². The molecule has 3 radical (unpaired) electrons. The van der Waals surface area contributed by atoms with Crippen LogP contribution >= 0.6 is 0 Å². The molecule has 0 atom stereocenters. The summed E-state index contributed by atoms with van der Waals surface area (Å²) < 4.78 is 0. The summed E-state index contributed by atoms with van der Waals surface area (Å²) in [4.78, 5) is 0. The van der Waals surface area contributed by atoms with E-state index in [-0.39, 0.29) is 22.0 Å². The SMILES string of the molecule is C.C1CCC1.C1CCC1.C1CCC1.C1CCC1.C1CCC1.C1CCC1.C1CCC1.C1CCC1.C1CCC1.CC.CC.F.[2HH].[B]. The Labute approximate surface area is 280 Å². The van der Waals surface area contributed by atoms with Crippen molar-refractivity contribution in [2.24, 2.45) is 0 Å². The second kappa shape index (κ2) is 54.5. The molecule has 0 unspecified atom stereocenters. The van der Waals surface area contributed by atoms with Crippen molar-refractivity contribution >= 4 is 8.41 Å². The highest BCUT2D eigenvalue weighted by Gasteiger charge is 1.98. The summed E-state index contributed by atoms with van der Waals surface area (Å²) in [6.07, 6.45) is 54.0. The lowest BCUT2D eigenvalue weighted by molar-refractivity contribution is 0.504. The van der Waals surface area contributed by atoms with E-state index in [4.69, 9.17) is 0 Å². The molecule has 265 valence electrons. The fraction of sp³-hybridized carbons (Fsp3) is 1.00. The molecule has 9 saturated carbocycles. The van der Waals surface area contributed by atoms with Crippen molar-refractivity contribution < 1.29 is 6.13 Å². The van der Waals surface area contributed by atoms with Crippen molar-refractivity contribution in [3.05, 3.63) is 0 Å². The van der Waals surface area contributed by atoms with Gasteiger partial charge in [-0.15, -0.1) is 0 Å². The summed E-state index contributed by atoms with van der Waals surface area (Å²) in [5, 5.41) is 0. The van der Waals surface area contributed by atoms with Gasteiger partial charge in [0, 0.05) is 9.84 Å². The van der Waals surface area contributed by atoms with Crippen molar-refractivity contribution in [1.29, 1.82) is 0 Å². The maximum Gasteiger partial charge on any atom is 0 e. The van der Waals surface area contributed by atoms with E-state index in [1.54, 1.807) is 0 Å². The van der Waals surface area contributed by atoms with E-state index in [1.807, 2.05) is 27.7 Å². The molecule has 2 heteroatoms. The van der Waals surface area contributed by atoms with Gasteiger partial charge in [0.2, 0.25) is 0 Å². The lowest BCUT2D eigenvalue weighted by Crippen LogP contribution is -1.85. The van der Waals surface area contributed by atoms with Crippen molar-refractivity contribution in [2.45, 2.75) is 266 Å². The van der Waals surface area contributed by atoms with Gasteiger partial charge in [0.05, 0.1) is 0 Å². The predicted molar refractivity (Wildman–Crippen MR) is 206 cm³/mol. The lowest BCUT2D eigenvalue weighted by atomic mass is 10.0. The Bertz CT molecular complexity index is 207. The Hall–Kier alpha value is -0.00506. The first-order valence-corrected chi connectivity index (χ1v) is 20.0. The topological polar surface area (TPSA) is 0 Å². The molecule has 9 fully saturated rings. The van der Waals surface area contributed by atoms with E-state index >= 15 is 0 Å². The highest BCUT2D eigenvalue weighted by Crippen LogP contribution is 2.18. The molecule has 0 heterocycles. The number of hydrogen-bond donors (Lipinski definition) is 0. The molecule has 0 spiro atoms. The molecule has 9 aliphatic rings. The van der Waals surface area contributed by atoms with Crippen molar-refractivity contribution in [3.8, 4) is 0 Å². The first kappa shape index (κ1) is 52.5. The van der Waals surface area contributed by atoms with Gasteiger partial charge in [-0.2, -0.15) is 0 Å². The highest BCUT2D eigenvalue weighted by atomic mass is 19.0. The van der Waals surface area contributed by atoms with Crippen LogP contribution in [0.5, 0.6) is 0 Å². The maximum absolute atomic E-state index is 2.00. The van der Waals surface area contributed by atoms with Crippen LogP contribution in [0.15, 0.2) is 0 Å². The second-order valence-electron chi connectivity index (χ2n) is 12.7. The largest absolute Gasteiger partial charge is 0.269 e. The van der Waals surface area contributed by atoms with Gasteiger partial charge in [-0.1, -0.05) is 266 Å².